The van der Waals surface area contributed by atoms with Gasteiger partial charge in [0, 0.05) is 5.75 Å². The molecule has 1 amide bonds. The zero-order valence-electron chi connectivity index (χ0n) is 12.0. The topological polar surface area (TPSA) is 55.1 Å². The number of benzene rings is 1. The molecule has 0 radical (unpaired) electrons. The fraction of sp³-hybridized carbons (Fsp3) is 0.533. The SMILES string of the molecule is CNC(C)(CCCSCc1cccc(C)c1)C(N)=O. The Morgan fingerprint density at radius 3 is 2.79 bits per heavy atom. The molecule has 1 atom stereocenters. The Bertz CT molecular complexity index is 422. The molecule has 1 rings (SSSR count). The van der Waals surface area contributed by atoms with Gasteiger partial charge in [-0.15, -0.1) is 0 Å². The van der Waals surface area contributed by atoms with Crippen molar-refractivity contribution in [1.82, 2.24) is 5.32 Å². The smallest absolute Gasteiger partial charge is 0.237 e. The molecule has 1 aromatic rings. The van der Waals surface area contributed by atoms with Gasteiger partial charge in [0.25, 0.3) is 0 Å². The van der Waals surface area contributed by atoms with E-state index in [2.05, 4.69) is 36.5 Å². The van der Waals surface area contributed by atoms with Crippen LogP contribution < -0.4 is 11.1 Å². The first kappa shape index (κ1) is 16.1. The van der Waals surface area contributed by atoms with E-state index in [4.69, 9.17) is 5.73 Å². The summed E-state index contributed by atoms with van der Waals surface area (Å²) in [6, 6.07) is 8.57. The molecule has 0 heterocycles. The van der Waals surface area contributed by atoms with Crippen molar-refractivity contribution < 1.29 is 4.79 Å². The summed E-state index contributed by atoms with van der Waals surface area (Å²) < 4.78 is 0. The number of carbonyl (C=O) groups is 1. The van der Waals surface area contributed by atoms with Crippen LogP contribution in [0.1, 0.15) is 30.9 Å². The molecule has 0 fully saturated rings. The van der Waals surface area contributed by atoms with Crippen molar-refractivity contribution in [2.45, 2.75) is 38.0 Å². The molecule has 0 aliphatic heterocycles. The average Bonchev–Trinajstić information content (AvgIpc) is 2.38. The molecule has 3 nitrogen and oxygen atoms in total. The highest BCUT2D eigenvalue weighted by Crippen LogP contribution is 2.18. The maximum atomic E-state index is 11.3. The number of thioether (sulfide) groups is 1. The Hall–Kier alpha value is -1.00. The molecule has 0 saturated carbocycles. The fourth-order valence-corrected chi connectivity index (χ4v) is 2.80. The third-order valence-corrected chi connectivity index (χ3v) is 4.53. The maximum absolute atomic E-state index is 11.3. The second kappa shape index (κ2) is 7.56. The molecule has 0 aliphatic carbocycles. The zero-order valence-corrected chi connectivity index (χ0v) is 12.8. The Labute approximate surface area is 120 Å². The summed E-state index contributed by atoms with van der Waals surface area (Å²) in [4.78, 5) is 11.3. The van der Waals surface area contributed by atoms with Gasteiger partial charge in [-0.1, -0.05) is 29.8 Å². The van der Waals surface area contributed by atoms with Crippen molar-refractivity contribution in [3.05, 3.63) is 35.4 Å². The van der Waals surface area contributed by atoms with E-state index in [0.29, 0.717) is 0 Å². The molecule has 0 aliphatic rings. The fourth-order valence-electron chi connectivity index (χ4n) is 1.89. The van der Waals surface area contributed by atoms with E-state index in [1.54, 1.807) is 7.05 Å². The van der Waals surface area contributed by atoms with Gasteiger partial charge in [-0.2, -0.15) is 11.8 Å². The zero-order chi connectivity index (χ0) is 14.3. The first-order valence-corrected chi connectivity index (χ1v) is 7.75. The molecule has 0 bridgehead atoms. The number of nitrogens with one attached hydrogen (secondary N) is 1. The molecule has 4 heteroatoms. The van der Waals surface area contributed by atoms with Gasteiger partial charge in [0.2, 0.25) is 5.91 Å². The van der Waals surface area contributed by atoms with Crippen molar-refractivity contribution in [2.24, 2.45) is 5.73 Å². The maximum Gasteiger partial charge on any atom is 0.237 e. The normalized spacial score (nSPS) is 14.1. The van der Waals surface area contributed by atoms with Gasteiger partial charge in [-0.05, 0) is 45.1 Å². The molecule has 1 unspecified atom stereocenters. The Kier molecular flexibility index (Phi) is 6.38. The van der Waals surface area contributed by atoms with Gasteiger partial charge in [0.15, 0.2) is 0 Å². The van der Waals surface area contributed by atoms with Crippen LogP contribution >= 0.6 is 11.8 Å². The average molecular weight is 280 g/mol. The number of aryl methyl sites for hydroxylation is 1. The lowest BCUT2D eigenvalue weighted by molar-refractivity contribution is -0.123. The van der Waals surface area contributed by atoms with E-state index in [-0.39, 0.29) is 5.91 Å². The lowest BCUT2D eigenvalue weighted by atomic mass is 9.96. The molecule has 3 N–H and O–H groups in total. The molecular weight excluding hydrogens is 256 g/mol. The number of carbonyl (C=O) groups excluding carboxylic acids is 1. The predicted octanol–water partition coefficient (Wildman–Crippen LogP) is 2.47. The summed E-state index contributed by atoms with van der Waals surface area (Å²) in [6.45, 7) is 3.97. The first-order chi connectivity index (χ1) is 8.98. The second-order valence-electron chi connectivity index (χ2n) is 5.09. The van der Waals surface area contributed by atoms with Gasteiger partial charge in [-0.25, -0.2) is 0 Å². The van der Waals surface area contributed by atoms with Crippen LogP contribution in [0.15, 0.2) is 24.3 Å². The Balaban J connectivity index is 2.26. The van der Waals surface area contributed by atoms with Crippen LogP contribution in [-0.2, 0) is 10.5 Å². The minimum Gasteiger partial charge on any atom is -0.368 e. The third-order valence-electron chi connectivity index (χ3n) is 3.41. The molecule has 19 heavy (non-hydrogen) atoms. The molecular formula is C15H24N2OS. The van der Waals surface area contributed by atoms with Crippen LogP contribution in [0.2, 0.25) is 0 Å². The number of hydrogen-bond donors (Lipinski definition) is 2. The van der Waals surface area contributed by atoms with Gasteiger partial charge in [0.1, 0.15) is 0 Å². The lowest BCUT2D eigenvalue weighted by Gasteiger charge is -2.25. The third kappa shape index (κ3) is 5.25. The molecule has 0 aromatic heterocycles. The van der Waals surface area contributed by atoms with Crippen molar-refractivity contribution in [3.8, 4) is 0 Å². The molecule has 1 aromatic carbocycles. The van der Waals surface area contributed by atoms with E-state index in [9.17, 15) is 4.79 Å². The largest absolute Gasteiger partial charge is 0.368 e. The van der Waals surface area contributed by atoms with Crippen LogP contribution in [0.4, 0.5) is 0 Å². The van der Waals surface area contributed by atoms with Gasteiger partial charge in [0.05, 0.1) is 5.54 Å². The van der Waals surface area contributed by atoms with Crippen molar-refractivity contribution in [1.29, 1.82) is 0 Å². The van der Waals surface area contributed by atoms with Crippen molar-refractivity contribution >= 4 is 17.7 Å². The van der Waals surface area contributed by atoms with E-state index < -0.39 is 5.54 Å². The van der Waals surface area contributed by atoms with E-state index in [0.717, 1.165) is 24.3 Å². The highest BCUT2D eigenvalue weighted by Gasteiger charge is 2.27. The number of nitrogens with two attached hydrogens (primary N) is 1. The van der Waals surface area contributed by atoms with Gasteiger partial charge in [-0.3, -0.25) is 4.79 Å². The van der Waals surface area contributed by atoms with Crippen LogP contribution in [0.5, 0.6) is 0 Å². The second-order valence-corrected chi connectivity index (χ2v) is 6.20. The summed E-state index contributed by atoms with van der Waals surface area (Å²) in [5.41, 5.74) is 7.47. The van der Waals surface area contributed by atoms with Crippen LogP contribution in [-0.4, -0.2) is 24.2 Å². The molecule has 0 saturated heterocycles. The Morgan fingerprint density at radius 2 is 2.21 bits per heavy atom. The highest BCUT2D eigenvalue weighted by atomic mass is 32.2. The number of primary amides is 1. The van der Waals surface area contributed by atoms with E-state index in [1.807, 2.05) is 18.7 Å². The van der Waals surface area contributed by atoms with Crippen molar-refractivity contribution in [2.75, 3.05) is 12.8 Å². The summed E-state index contributed by atoms with van der Waals surface area (Å²) in [5, 5.41) is 3.01. The quantitative estimate of drug-likeness (QED) is 0.719. The lowest BCUT2D eigenvalue weighted by Crippen LogP contribution is -2.51. The number of rotatable bonds is 8. The monoisotopic (exact) mass is 280 g/mol. The molecule has 0 spiro atoms. The summed E-state index contributed by atoms with van der Waals surface area (Å²) in [6.07, 6.45) is 1.76. The number of hydrogen-bond acceptors (Lipinski definition) is 3. The Morgan fingerprint density at radius 1 is 1.47 bits per heavy atom. The first-order valence-electron chi connectivity index (χ1n) is 6.60. The van der Waals surface area contributed by atoms with Crippen LogP contribution in [0.3, 0.4) is 0 Å². The summed E-state index contributed by atoms with van der Waals surface area (Å²) >= 11 is 1.90. The standard InChI is InChI=1S/C15H24N2OS/c1-12-6-4-7-13(10-12)11-19-9-5-8-15(2,17-3)14(16)18/h4,6-7,10,17H,5,8-9,11H2,1-3H3,(H2,16,18). The van der Waals surface area contributed by atoms with Crippen LogP contribution in [0, 0.1) is 6.92 Å². The van der Waals surface area contributed by atoms with Gasteiger partial charge >= 0.3 is 0 Å². The summed E-state index contributed by atoms with van der Waals surface area (Å²) in [7, 11) is 1.78. The van der Waals surface area contributed by atoms with Gasteiger partial charge < -0.3 is 11.1 Å². The number of amides is 1. The van der Waals surface area contributed by atoms with Crippen LogP contribution in [0.25, 0.3) is 0 Å². The minimum atomic E-state index is -0.579. The van der Waals surface area contributed by atoms with Crippen molar-refractivity contribution in [3.63, 3.8) is 0 Å². The summed E-state index contributed by atoms with van der Waals surface area (Å²) in [5.74, 6) is 1.78. The minimum absolute atomic E-state index is 0.279. The predicted molar refractivity (Wildman–Crippen MR) is 83.2 cm³/mol. The van der Waals surface area contributed by atoms with E-state index >= 15 is 0 Å². The van der Waals surface area contributed by atoms with E-state index in [1.165, 1.54) is 11.1 Å². The molecule has 106 valence electrons. The highest BCUT2D eigenvalue weighted by molar-refractivity contribution is 7.98. The number of likely N-dealkylation sites (N-methyl/N-ethyl adjacent to an activating group) is 1.